The van der Waals surface area contributed by atoms with E-state index in [2.05, 4.69) is 31.2 Å². The molecule has 0 aliphatic heterocycles. The summed E-state index contributed by atoms with van der Waals surface area (Å²) in [5.41, 5.74) is 2.56. The SMILES string of the molecule is CCC1C=Cc2ccccc2C1CO. The minimum atomic E-state index is 0.250. The van der Waals surface area contributed by atoms with Gasteiger partial charge in [0.05, 0.1) is 6.61 Å². The molecule has 0 spiro atoms. The van der Waals surface area contributed by atoms with E-state index in [0.717, 1.165) is 6.42 Å². The van der Waals surface area contributed by atoms with E-state index in [9.17, 15) is 5.11 Å². The van der Waals surface area contributed by atoms with Crippen LogP contribution in [-0.2, 0) is 0 Å². The number of rotatable bonds is 2. The largest absolute Gasteiger partial charge is 0.396 e. The normalized spacial score (nSPS) is 24.7. The predicted molar refractivity (Wildman–Crippen MR) is 59.1 cm³/mol. The van der Waals surface area contributed by atoms with E-state index >= 15 is 0 Å². The summed E-state index contributed by atoms with van der Waals surface area (Å²) in [5, 5.41) is 9.41. The summed E-state index contributed by atoms with van der Waals surface area (Å²) in [7, 11) is 0. The molecule has 0 saturated heterocycles. The van der Waals surface area contributed by atoms with Crippen molar-refractivity contribution in [2.45, 2.75) is 19.3 Å². The summed E-state index contributed by atoms with van der Waals surface area (Å²) in [6.45, 7) is 2.42. The number of aliphatic hydroxyl groups is 1. The standard InChI is InChI=1S/C13H16O/c1-2-10-7-8-11-5-3-4-6-12(11)13(10)9-14/h3-8,10,13-14H,2,9H2,1H3. The van der Waals surface area contributed by atoms with Gasteiger partial charge in [-0.3, -0.25) is 0 Å². The topological polar surface area (TPSA) is 20.2 Å². The zero-order chi connectivity index (χ0) is 9.97. The van der Waals surface area contributed by atoms with E-state index in [1.54, 1.807) is 0 Å². The fourth-order valence-electron chi connectivity index (χ4n) is 2.25. The molecule has 2 unspecified atom stereocenters. The maximum atomic E-state index is 9.41. The molecular formula is C13H16O. The quantitative estimate of drug-likeness (QED) is 0.756. The van der Waals surface area contributed by atoms with Crippen molar-refractivity contribution in [1.82, 2.24) is 0 Å². The van der Waals surface area contributed by atoms with Gasteiger partial charge >= 0.3 is 0 Å². The highest BCUT2D eigenvalue weighted by molar-refractivity contribution is 5.58. The maximum absolute atomic E-state index is 9.41. The fraction of sp³-hybridized carbons (Fsp3) is 0.385. The van der Waals surface area contributed by atoms with Gasteiger partial charge in [-0.05, 0) is 23.5 Å². The molecule has 0 heterocycles. The smallest absolute Gasteiger partial charge is 0.0505 e. The van der Waals surface area contributed by atoms with Gasteiger partial charge in [0.15, 0.2) is 0 Å². The number of hydrogen-bond donors (Lipinski definition) is 1. The lowest BCUT2D eigenvalue weighted by atomic mass is 9.78. The Labute approximate surface area is 85.1 Å². The van der Waals surface area contributed by atoms with Gasteiger partial charge in [-0.25, -0.2) is 0 Å². The Morgan fingerprint density at radius 2 is 2.07 bits per heavy atom. The lowest BCUT2D eigenvalue weighted by molar-refractivity contribution is 0.237. The Balaban J connectivity index is 2.42. The van der Waals surface area contributed by atoms with Crippen LogP contribution in [0.1, 0.15) is 30.4 Å². The second kappa shape index (κ2) is 3.97. The number of benzene rings is 1. The van der Waals surface area contributed by atoms with Crippen LogP contribution in [0.3, 0.4) is 0 Å². The molecule has 2 atom stereocenters. The number of fused-ring (bicyclic) bond motifs is 1. The highest BCUT2D eigenvalue weighted by Gasteiger charge is 2.23. The first-order chi connectivity index (χ1) is 6.86. The van der Waals surface area contributed by atoms with Crippen molar-refractivity contribution in [2.24, 2.45) is 5.92 Å². The summed E-state index contributed by atoms with van der Waals surface area (Å²) in [5.74, 6) is 0.788. The van der Waals surface area contributed by atoms with Crippen LogP contribution in [0.4, 0.5) is 0 Å². The molecular weight excluding hydrogens is 172 g/mol. The van der Waals surface area contributed by atoms with Crippen LogP contribution < -0.4 is 0 Å². The Morgan fingerprint density at radius 3 is 2.79 bits per heavy atom. The van der Waals surface area contributed by atoms with Crippen molar-refractivity contribution in [3.05, 3.63) is 41.5 Å². The third kappa shape index (κ3) is 1.48. The first-order valence-electron chi connectivity index (χ1n) is 5.24. The highest BCUT2D eigenvalue weighted by Crippen LogP contribution is 2.35. The maximum Gasteiger partial charge on any atom is 0.0505 e. The highest BCUT2D eigenvalue weighted by atomic mass is 16.3. The molecule has 0 radical (unpaired) electrons. The summed E-state index contributed by atoms with van der Waals surface area (Å²) >= 11 is 0. The summed E-state index contributed by atoms with van der Waals surface area (Å²) in [4.78, 5) is 0. The van der Waals surface area contributed by atoms with Crippen LogP contribution in [0.2, 0.25) is 0 Å². The average molecular weight is 188 g/mol. The van der Waals surface area contributed by atoms with Gasteiger partial charge in [0.2, 0.25) is 0 Å². The molecule has 14 heavy (non-hydrogen) atoms. The first-order valence-corrected chi connectivity index (χ1v) is 5.24. The molecule has 0 amide bonds. The molecule has 2 rings (SSSR count). The molecule has 1 heteroatoms. The molecule has 1 aromatic carbocycles. The molecule has 1 aliphatic carbocycles. The second-order valence-corrected chi connectivity index (χ2v) is 3.85. The van der Waals surface area contributed by atoms with Crippen molar-refractivity contribution in [2.75, 3.05) is 6.61 Å². The van der Waals surface area contributed by atoms with Crippen LogP contribution in [0.5, 0.6) is 0 Å². The van der Waals surface area contributed by atoms with Crippen LogP contribution in [-0.4, -0.2) is 11.7 Å². The first kappa shape index (κ1) is 9.47. The molecule has 1 N–H and O–H groups in total. The van der Waals surface area contributed by atoms with Gasteiger partial charge in [-0.2, -0.15) is 0 Å². The van der Waals surface area contributed by atoms with Crippen LogP contribution >= 0.6 is 0 Å². The Morgan fingerprint density at radius 1 is 1.29 bits per heavy atom. The van der Waals surface area contributed by atoms with E-state index in [1.165, 1.54) is 11.1 Å². The number of hydrogen-bond acceptors (Lipinski definition) is 1. The van der Waals surface area contributed by atoms with Crippen LogP contribution in [0.15, 0.2) is 30.3 Å². The third-order valence-electron chi connectivity index (χ3n) is 3.10. The Hall–Kier alpha value is -1.08. The van der Waals surface area contributed by atoms with E-state index in [-0.39, 0.29) is 6.61 Å². The third-order valence-corrected chi connectivity index (χ3v) is 3.10. The number of allylic oxidation sites excluding steroid dienone is 1. The molecule has 74 valence electrons. The van der Waals surface area contributed by atoms with Crippen molar-refractivity contribution in [3.63, 3.8) is 0 Å². The minimum Gasteiger partial charge on any atom is -0.396 e. The monoisotopic (exact) mass is 188 g/mol. The van der Waals surface area contributed by atoms with E-state index in [0.29, 0.717) is 11.8 Å². The predicted octanol–water partition coefficient (Wildman–Crippen LogP) is 2.82. The van der Waals surface area contributed by atoms with Crippen LogP contribution in [0, 0.1) is 5.92 Å². The molecule has 1 nitrogen and oxygen atoms in total. The summed E-state index contributed by atoms with van der Waals surface area (Å²) in [6, 6.07) is 8.33. The molecule has 0 saturated carbocycles. The van der Waals surface area contributed by atoms with Gasteiger partial charge in [-0.15, -0.1) is 0 Å². The molecule has 0 fully saturated rings. The van der Waals surface area contributed by atoms with E-state index in [4.69, 9.17) is 0 Å². The second-order valence-electron chi connectivity index (χ2n) is 3.85. The van der Waals surface area contributed by atoms with Gasteiger partial charge in [-0.1, -0.05) is 43.3 Å². The summed E-state index contributed by atoms with van der Waals surface area (Å²) in [6.07, 6.45) is 5.49. The van der Waals surface area contributed by atoms with Gasteiger partial charge < -0.3 is 5.11 Å². The van der Waals surface area contributed by atoms with E-state index < -0.39 is 0 Å². The fourth-order valence-corrected chi connectivity index (χ4v) is 2.25. The lowest BCUT2D eigenvalue weighted by Gasteiger charge is -2.27. The van der Waals surface area contributed by atoms with Crippen molar-refractivity contribution in [1.29, 1.82) is 0 Å². The van der Waals surface area contributed by atoms with Crippen molar-refractivity contribution in [3.8, 4) is 0 Å². The van der Waals surface area contributed by atoms with Crippen LogP contribution in [0.25, 0.3) is 6.08 Å². The zero-order valence-electron chi connectivity index (χ0n) is 8.48. The molecule has 0 aromatic heterocycles. The van der Waals surface area contributed by atoms with E-state index in [1.807, 2.05) is 12.1 Å². The van der Waals surface area contributed by atoms with Crippen molar-refractivity contribution < 1.29 is 5.11 Å². The van der Waals surface area contributed by atoms with Gasteiger partial charge in [0, 0.05) is 5.92 Å². The average Bonchev–Trinajstić information content (AvgIpc) is 2.27. The zero-order valence-corrected chi connectivity index (χ0v) is 8.48. The number of aliphatic hydroxyl groups excluding tert-OH is 1. The summed E-state index contributed by atoms with van der Waals surface area (Å²) < 4.78 is 0. The minimum absolute atomic E-state index is 0.250. The Bertz CT molecular complexity index is 341. The van der Waals surface area contributed by atoms with Gasteiger partial charge in [0.1, 0.15) is 0 Å². The molecule has 0 bridgehead atoms. The Kier molecular flexibility index (Phi) is 2.69. The molecule has 1 aliphatic rings. The lowest BCUT2D eigenvalue weighted by Crippen LogP contribution is -2.18. The molecule has 1 aromatic rings. The van der Waals surface area contributed by atoms with Crippen molar-refractivity contribution >= 4 is 6.08 Å². The van der Waals surface area contributed by atoms with Gasteiger partial charge in [0.25, 0.3) is 0 Å².